The molecule has 0 bridgehead atoms. The second-order valence-electron chi connectivity index (χ2n) is 5.07. The normalized spacial score (nSPS) is 10.8. The fraction of sp³-hybridized carbons (Fsp3) is 0. The average Bonchev–Trinajstić information content (AvgIpc) is 3.33. The fourth-order valence-corrected chi connectivity index (χ4v) is 2.50. The lowest BCUT2D eigenvalue weighted by Gasteiger charge is -2.00. The van der Waals surface area contributed by atoms with Crippen molar-refractivity contribution in [1.29, 1.82) is 0 Å². The summed E-state index contributed by atoms with van der Waals surface area (Å²) in [6, 6.07) is 7.25. The van der Waals surface area contributed by atoms with Crippen LogP contribution < -0.4 is 5.73 Å². The van der Waals surface area contributed by atoms with Crippen LogP contribution in [0.2, 0.25) is 0 Å². The van der Waals surface area contributed by atoms with Gasteiger partial charge in [-0.1, -0.05) is 6.07 Å². The summed E-state index contributed by atoms with van der Waals surface area (Å²) in [6.07, 6.45) is 6.63. The topological polar surface area (TPSA) is 126 Å². The molecule has 0 atom stereocenters. The molecule has 118 valence electrons. The summed E-state index contributed by atoms with van der Waals surface area (Å²) in [4.78, 5) is 16.1. The number of nitrogens with two attached hydrogens (primary N) is 1. The first kappa shape index (κ1) is 13.9. The van der Waals surface area contributed by atoms with E-state index in [-0.39, 0.29) is 5.76 Å². The van der Waals surface area contributed by atoms with Crippen molar-refractivity contribution >= 4 is 5.91 Å². The molecular weight excluding hydrogens is 308 g/mol. The van der Waals surface area contributed by atoms with Crippen molar-refractivity contribution in [3.63, 3.8) is 0 Å². The first-order valence-corrected chi connectivity index (χ1v) is 7.12. The molecule has 4 N–H and O–H groups in total. The molecule has 0 spiro atoms. The lowest BCUT2D eigenvalue weighted by atomic mass is 10.0. The lowest BCUT2D eigenvalue weighted by Crippen LogP contribution is -2.10. The molecule has 4 aromatic rings. The third kappa shape index (κ3) is 2.26. The summed E-state index contributed by atoms with van der Waals surface area (Å²) in [5.41, 5.74) is 8.70. The van der Waals surface area contributed by atoms with Crippen molar-refractivity contribution in [2.75, 3.05) is 0 Å². The maximum absolute atomic E-state index is 11.8. The zero-order valence-electron chi connectivity index (χ0n) is 12.4. The number of hydrogen-bond donors (Lipinski definition) is 3. The molecule has 4 rings (SSSR count). The van der Waals surface area contributed by atoms with Gasteiger partial charge >= 0.3 is 0 Å². The van der Waals surface area contributed by atoms with E-state index in [0.717, 1.165) is 0 Å². The monoisotopic (exact) mass is 320 g/mol. The van der Waals surface area contributed by atoms with Gasteiger partial charge in [-0.25, -0.2) is 0 Å². The number of furan rings is 1. The van der Waals surface area contributed by atoms with Crippen LogP contribution in [0, 0.1) is 0 Å². The molecule has 1 amide bonds. The van der Waals surface area contributed by atoms with Crippen molar-refractivity contribution in [3.8, 4) is 33.8 Å². The van der Waals surface area contributed by atoms with E-state index < -0.39 is 5.91 Å². The molecular formula is C16H12N6O2. The summed E-state index contributed by atoms with van der Waals surface area (Å²) >= 11 is 0. The largest absolute Gasteiger partial charge is 0.450 e. The molecule has 4 heterocycles. The van der Waals surface area contributed by atoms with Crippen LogP contribution in [-0.2, 0) is 0 Å². The molecule has 0 aliphatic heterocycles. The Hall–Kier alpha value is -3.68. The number of pyridine rings is 1. The van der Waals surface area contributed by atoms with Crippen LogP contribution in [0.25, 0.3) is 33.8 Å². The quantitative estimate of drug-likeness (QED) is 0.531. The number of hydrogen-bond acceptors (Lipinski definition) is 5. The number of amides is 1. The molecule has 0 saturated heterocycles. The minimum absolute atomic E-state index is 0.0600. The first-order valence-electron chi connectivity index (χ1n) is 7.12. The van der Waals surface area contributed by atoms with Crippen LogP contribution in [0.4, 0.5) is 0 Å². The minimum atomic E-state index is -0.659. The zero-order chi connectivity index (χ0) is 16.5. The molecule has 0 aliphatic carbocycles. The first-order chi connectivity index (χ1) is 11.7. The van der Waals surface area contributed by atoms with E-state index in [0.29, 0.717) is 33.8 Å². The Morgan fingerprint density at radius 2 is 2.08 bits per heavy atom. The van der Waals surface area contributed by atoms with Gasteiger partial charge in [-0.3, -0.25) is 20.0 Å². The summed E-state index contributed by atoms with van der Waals surface area (Å²) in [5, 5.41) is 13.6. The third-order valence-electron chi connectivity index (χ3n) is 3.58. The Kier molecular flexibility index (Phi) is 3.20. The van der Waals surface area contributed by atoms with Gasteiger partial charge < -0.3 is 10.2 Å². The van der Waals surface area contributed by atoms with Crippen LogP contribution in [0.5, 0.6) is 0 Å². The molecule has 0 fully saturated rings. The van der Waals surface area contributed by atoms with Crippen LogP contribution in [0.1, 0.15) is 10.6 Å². The SMILES string of the molecule is NC(=O)c1oc(-c2cn[nH]c2)cc1-c1c[nH]nc1-c1ccccn1. The highest BCUT2D eigenvalue weighted by atomic mass is 16.4. The van der Waals surface area contributed by atoms with Gasteiger partial charge in [0, 0.05) is 29.7 Å². The molecule has 0 unspecified atom stereocenters. The number of rotatable bonds is 4. The molecule has 0 aromatic carbocycles. The number of aromatic amines is 2. The van der Waals surface area contributed by atoms with Gasteiger partial charge in [0.15, 0.2) is 5.76 Å². The Morgan fingerprint density at radius 1 is 1.17 bits per heavy atom. The van der Waals surface area contributed by atoms with Crippen molar-refractivity contribution in [1.82, 2.24) is 25.4 Å². The van der Waals surface area contributed by atoms with E-state index >= 15 is 0 Å². The van der Waals surface area contributed by atoms with Crippen molar-refractivity contribution in [2.45, 2.75) is 0 Å². The highest BCUT2D eigenvalue weighted by Crippen LogP contribution is 2.36. The van der Waals surface area contributed by atoms with Crippen LogP contribution in [-0.4, -0.2) is 31.3 Å². The van der Waals surface area contributed by atoms with Gasteiger partial charge in [0.2, 0.25) is 0 Å². The van der Waals surface area contributed by atoms with E-state index in [2.05, 4.69) is 25.4 Å². The van der Waals surface area contributed by atoms with Crippen molar-refractivity contribution in [2.24, 2.45) is 5.73 Å². The number of carbonyl (C=O) groups is 1. The second-order valence-corrected chi connectivity index (χ2v) is 5.07. The van der Waals surface area contributed by atoms with Gasteiger partial charge in [0.1, 0.15) is 11.5 Å². The maximum atomic E-state index is 11.8. The molecule has 0 radical (unpaired) electrons. The second kappa shape index (κ2) is 5.51. The fourth-order valence-electron chi connectivity index (χ4n) is 2.50. The van der Waals surface area contributed by atoms with E-state index in [1.807, 2.05) is 18.2 Å². The van der Waals surface area contributed by atoms with Gasteiger partial charge in [-0.15, -0.1) is 0 Å². The summed E-state index contributed by atoms with van der Waals surface area (Å²) in [6.45, 7) is 0. The standard InChI is InChI=1S/C16H12N6O2/c17-16(23)15-10(5-13(24-15)9-6-19-20-7-9)11-8-21-22-14(11)12-3-1-2-4-18-12/h1-8H,(H2,17,23)(H,19,20)(H,21,22). The Balaban J connectivity index is 1.89. The average molecular weight is 320 g/mol. The van der Waals surface area contributed by atoms with Gasteiger partial charge in [-0.05, 0) is 18.2 Å². The van der Waals surface area contributed by atoms with Gasteiger partial charge in [0.05, 0.1) is 17.5 Å². The molecule has 0 saturated carbocycles. The Labute approximate surface area is 135 Å². The molecule has 24 heavy (non-hydrogen) atoms. The van der Waals surface area contributed by atoms with E-state index in [1.54, 1.807) is 30.9 Å². The highest BCUT2D eigenvalue weighted by molar-refractivity contribution is 6.00. The summed E-state index contributed by atoms with van der Waals surface area (Å²) in [7, 11) is 0. The third-order valence-corrected chi connectivity index (χ3v) is 3.58. The predicted molar refractivity (Wildman–Crippen MR) is 85.6 cm³/mol. The van der Waals surface area contributed by atoms with Crippen LogP contribution >= 0.6 is 0 Å². The number of nitrogens with zero attached hydrogens (tertiary/aromatic N) is 3. The Bertz CT molecular complexity index is 985. The van der Waals surface area contributed by atoms with E-state index in [9.17, 15) is 4.79 Å². The number of aromatic nitrogens is 5. The maximum Gasteiger partial charge on any atom is 0.285 e. The number of H-pyrrole nitrogens is 2. The zero-order valence-corrected chi connectivity index (χ0v) is 12.4. The number of nitrogens with one attached hydrogen (secondary N) is 2. The van der Waals surface area contributed by atoms with Gasteiger partial charge in [-0.2, -0.15) is 10.2 Å². The molecule has 4 aromatic heterocycles. The number of carbonyl (C=O) groups excluding carboxylic acids is 1. The van der Waals surface area contributed by atoms with Crippen LogP contribution in [0.15, 0.2) is 53.5 Å². The molecule has 8 nitrogen and oxygen atoms in total. The van der Waals surface area contributed by atoms with E-state index in [4.69, 9.17) is 10.2 Å². The van der Waals surface area contributed by atoms with Gasteiger partial charge in [0.25, 0.3) is 5.91 Å². The summed E-state index contributed by atoms with van der Waals surface area (Å²) < 4.78 is 5.64. The lowest BCUT2D eigenvalue weighted by molar-refractivity contribution is 0.0975. The van der Waals surface area contributed by atoms with Crippen molar-refractivity contribution in [3.05, 3.63) is 54.8 Å². The van der Waals surface area contributed by atoms with E-state index in [1.165, 1.54) is 0 Å². The van der Waals surface area contributed by atoms with Crippen LogP contribution in [0.3, 0.4) is 0 Å². The molecule has 0 aliphatic rings. The Morgan fingerprint density at radius 3 is 2.79 bits per heavy atom. The smallest absolute Gasteiger partial charge is 0.285 e. The number of primary amides is 1. The summed E-state index contributed by atoms with van der Waals surface area (Å²) in [5.74, 6) is -0.113. The molecule has 8 heteroatoms. The highest BCUT2D eigenvalue weighted by Gasteiger charge is 2.23. The predicted octanol–water partition coefficient (Wildman–Crippen LogP) is 2.22. The minimum Gasteiger partial charge on any atom is -0.450 e. The van der Waals surface area contributed by atoms with Crippen molar-refractivity contribution < 1.29 is 9.21 Å².